The van der Waals surface area contributed by atoms with Crippen LogP contribution < -0.4 is 19.7 Å². The van der Waals surface area contributed by atoms with Crippen LogP contribution in [0.3, 0.4) is 0 Å². The topological polar surface area (TPSA) is 88.1 Å². The first-order chi connectivity index (χ1) is 18.2. The molecule has 0 spiro atoms. The van der Waals surface area contributed by atoms with Crippen LogP contribution in [-0.4, -0.2) is 49.8 Å². The molecule has 2 N–H and O–H groups in total. The summed E-state index contributed by atoms with van der Waals surface area (Å²) in [7, 11) is 1.65. The fourth-order valence-electron chi connectivity index (χ4n) is 5.18. The molecule has 7 heteroatoms. The maximum atomic E-state index is 13.1. The minimum atomic E-state index is -0.744. The van der Waals surface area contributed by atoms with Crippen molar-refractivity contribution in [1.29, 1.82) is 0 Å². The molecule has 206 valence electrons. The quantitative estimate of drug-likeness (QED) is 0.370. The largest absolute Gasteiger partial charge is 0.497 e. The van der Waals surface area contributed by atoms with E-state index in [1.807, 2.05) is 49.4 Å². The number of hydrogen-bond donors (Lipinski definition) is 2. The average Bonchev–Trinajstić information content (AvgIpc) is 3.76. The SMILES string of the molecule is COc1ccc(C(=O)NC(C)C(C)C)c(N2CCC(COc3cccc(C(CC(=O)O)C4CC4)c3)CC2)c1. The van der Waals surface area contributed by atoms with Crippen molar-refractivity contribution in [2.75, 3.05) is 31.7 Å². The molecule has 2 fully saturated rings. The normalized spacial score (nSPS) is 17.7. The third-order valence-corrected chi connectivity index (χ3v) is 8.12. The van der Waals surface area contributed by atoms with Crippen LogP contribution in [0.1, 0.15) is 74.7 Å². The minimum absolute atomic E-state index is 0.0541. The first kappa shape index (κ1) is 27.8. The van der Waals surface area contributed by atoms with E-state index in [0.717, 1.165) is 61.5 Å². The highest BCUT2D eigenvalue weighted by molar-refractivity contribution is 6.00. The lowest BCUT2D eigenvalue weighted by atomic mass is 9.91. The first-order valence-electron chi connectivity index (χ1n) is 13.9. The zero-order valence-electron chi connectivity index (χ0n) is 23.1. The Morgan fingerprint density at radius 1 is 1.03 bits per heavy atom. The summed E-state index contributed by atoms with van der Waals surface area (Å²) in [6.07, 6.45) is 4.31. The van der Waals surface area contributed by atoms with Gasteiger partial charge in [-0.15, -0.1) is 0 Å². The van der Waals surface area contributed by atoms with Crippen LogP contribution in [0.15, 0.2) is 42.5 Å². The van der Waals surface area contributed by atoms with Crippen molar-refractivity contribution >= 4 is 17.6 Å². The Morgan fingerprint density at radius 2 is 1.76 bits per heavy atom. The second-order valence-corrected chi connectivity index (χ2v) is 11.2. The number of benzene rings is 2. The van der Waals surface area contributed by atoms with Crippen LogP contribution >= 0.6 is 0 Å². The van der Waals surface area contributed by atoms with Gasteiger partial charge in [-0.25, -0.2) is 0 Å². The maximum Gasteiger partial charge on any atom is 0.303 e. The minimum Gasteiger partial charge on any atom is -0.497 e. The molecule has 4 rings (SSSR count). The Kier molecular flexibility index (Phi) is 9.18. The monoisotopic (exact) mass is 522 g/mol. The van der Waals surface area contributed by atoms with Crippen molar-refractivity contribution in [3.63, 3.8) is 0 Å². The predicted molar refractivity (Wildman–Crippen MR) is 149 cm³/mol. The molecule has 0 bridgehead atoms. The van der Waals surface area contributed by atoms with Gasteiger partial charge in [-0.2, -0.15) is 0 Å². The molecule has 1 heterocycles. The van der Waals surface area contributed by atoms with Crippen molar-refractivity contribution in [1.82, 2.24) is 5.32 Å². The maximum absolute atomic E-state index is 13.1. The summed E-state index contributed by atoms with van der Waals surface area (Å²) >= 11 is 0. The first-order valence-corrected chi connectivity index (χ1v) is 13.9. The van der Waals surface area contributed by atoms with E-state index in [1.165, 1.54) is 0 Å². The number of carbonyl (C=O) groups is 2. The molecular weight excluding hydrogens is 480 g/mol. The van der Waals surface area contributed by atoms with E-state index in [9.17, 15) is 14.7 Å². The number of aliphatic carboxylic acids is 1. The second-order valence-electron chi connectivity index (χ2n) is 11.2. The van der Waals surface area contributed by atoms with E-state index in [-0.39, 0.29) is 24.3 Å². The molecule has 2 atom stereocenters. The summed E-state index contributed by atoms with van der Waals surface area (Å²) in [5.41, 5.74) is 2.66. The standard InChI is InChI=1S/C31H42N2O5/c1-20(2)21(3)32-31(36)27-11-10-25(37-4)17-29(27)33-14-12-22(13-15-33)19-38-26-7-5-6-24(16-26)28(18-30(34)35)23-8-9-23/h5-7,10-11,16-17,20-23,28H,8-9,12-15,18-19H2,1-4H3,(H,32,36)(H,34,35). The molecule has 1 amide bonds. The average molecular weight is 523 g/mol. The third-order valence-electron chi connectivity index (χ3n) is 8.12. The number of amides is 1. The number of hydrogen-bond acceptors (Lipinski definition) is 5. The summed E-state index contributed by atoms with van der Waals surface area (Å²) in [5.74, 6) is 2.07. The number of anilines is 1. The fraction of sp³-hybridized carbons (Fsp3) is 0.548. The number of nitrogens with zero attached hydrogens (tertiary/aromatic N) is 1. The van der Waals surface area contributed by atoms with E-state index in [1.54, 1.807) is 7.11 Å². The molecule has 1 saturated carbocycles. The molecule has 2 unspecified atom stereocenters. The van der Waals surface area contributed by atoms with Gasteiger partial charge in [0.25, 0.3) is 5.91 Å². The number of rotatable bonds is 12. The lowest BCUT2D eigenvalue weighted by Gasteiger charge is -2.35. The summed E-state index contributed by atoms with van der Waals surface area (Å²) in [6.45, 7) is 8.54. The van der Waals surface area contributed by atoms with Crippen LogP contribution in [0.2, 0.25) is 0 Å². The van der Waals surface area contributed by atoms with Crippen LogP contribution in [0.5, 0.6) is 11.5 Å². The van der Waals surface area contributed by atoms with Crippen LogP contribution in [0.25, 0.3) is 0 Å². The van der Waals surface area contributed by atoms with Gasteiger partial charge in [0.1, 0.15) is 11.5 Å². The Balaban J connectivity index is 1.36. The van der Waals surface area contributed by atoms with Crippen molar-refractivity contribution in [3.8, 4) is 11.5 Å². The van der Waals surface area contributed by atoms with Gasteiger partial charge in [-0.3, -0.25) is 9.59 Å². The number of methoxy groups -OCH3 is 1. The number of carboxylic acid groups (broad SMARTS) is 1. The zero-order chi connectivity index (χ0) is 27.2. The lowest BCUT2D eigenvalue weighted by Crippen LogP contribution is -2.39. The van der Waals surface area contributed by atoms with Gasteiger partial charge < -0.3 is 24.8 Å². The molecule has 0 radical (unpaired) electrons. The van der Waals surface area contributed by atoms with Crippen molar-refractivity contribution in [2.45, 2.75) is 64.8 Å². The zero-order valence-corrected chi connectivity index (χ0v) is 23.1. The van der Waals surface area contributed by atoms with Crippen molar-refractivity contribution in [2.24, 2.45) is 17.8 Å². The highest BCUT2D eigenvalue weighted by Gasteiger charge is 2.34. The molecule has 1 saturated heterocycles. The highest BCUT2D eigenvalue weighted by atomic mass is 16.5. The smallest absolute Gasteiger partial charge is 0.303 e. The Bertz CT molecular complexity index is 1110. The molecule has 2 aliphatic rings. The summed E-state index contributed by atoms with van der Waals surface area (Å²) in [4.78, 5) is 26.7. The molecule has 1 aliphatic carbocycles. The van der Waals surface area contributed by atoms with E-state index >= 15 is 0 Å². The Hall–Kier alpha value is -3.22. The van der Waals surface area contributed by atoms with E-state index in [4.69, 9.17) is 9.47 Å². The molecule has 2 aromatic carbocycles. The van der Waals surface area contributed by atoms with Gasteiger partial charge in [0.15, 0.2) is 0 Å². The van der Waals surface area contributed by atoms with Gasteiger partial charge in [0.05, 0.1) is 31.4 Å². The predicted octanol–water partition coefficient (Wildman–Crippen LogP) is 5.73. The van der Waals surface area contributed by atoms with E-state index in [2.05, 4.69) is 24.1 Å². The van der Waals surface area contributed by atoms with Gasteiger partial charge in [-0.1, -0.05) is 26.0 Å². The number of piperidine rings is 1. The molecule has 0 aromatic heterocycles. The van der Waals surface area contributed by atoms with Crippen LogP contribution in [0.4, 0.5) is 5.69 Å². The van der Waals surface area contributed by atoms with Gasteiger partial charge in [0, 0.05) is 25.2 Å². The Morgan fingerprint density at radius 3 is 2.39 bits per heavy atom. The van der Waals surface area contributed by atoms with Crippen LogP contribution in [0, 0.1) is 17.8 Å². The highest BCUT2D eigenvalue weighted by Crippen LogP contribution is 2.45. The number of carboxylic acids is 1. The lowest BCUT2D eigenvalue weighted by molar-refractivity contribution is -0.137. The summed E-state index contributed by atoms with van der Waals surface area (Å²) in [5, 5.41) is 12.5. The fourth-order valence-corrected chi connectivity index (χ4v) is 5.18. The molecule has 2 aromatic rings. The summed E-state index contributed by atoms with van der Waals surface area (Å²) < 4.78 is 11.7. The van der Waals surface area contributed by atoms with Gasteiger partial charge >= 0.3 is 5.97 Å². The molecule has 1 aliphatic heterocycles. The molecule has 7 nitrogen and oxygen atoms in total. The van der Waals surface area contributed by atoms with Gasteiger partial charge in [-0.05, 0) is 86.1 Å². The number of ether oxygens (including phenoxy) is 2. The van der Waals surface area contributed by atoms with Gasteiger partial charge in [0.2, 0.25) is 0 Å². The van der Waals surface area contributed by atoms with Crippen LogP contribution in [-0.2, 0) is 4.79 Å². The third kappa shape index (κ3) is 7.21. The number of carbonyl (C=O) groups excluding carboxylic acids is 1. The Labute approximate surface area is 226 Å². The van der Waals surface area contributed by atoms with E-state index < -0.39 is 5.97 Å². The van der Waals surface area contributed by atoms with E-state index in [0.29, 0.717) is 29.9 Å². The number of nitrogens with one attached hydrogen (secondary N) is 1. The molecular formula is C31H42N2O5. The molecule has 38 heavy (non-hydrogen) atoms. The van der Waals surface area contributed by atoms with Crippen molar-refractivity contribution < 1.29 is 24.2 Å². The second kappa shape index (κ2) is 12.5. The summed E-state index contributed by atoms with van der Waals surface area (Å²) in [6, 6.07) is 13.7. The van der Waals surface area contributed by atoms with Crippen molar-refractivity contribution in [3.05, 3.63) is 53.6 Å².